The number of carbonyl (C=O) groups excluding carboxylic acids is 6. The molecule has 4 heterocycles. The summed E-state index contributed by atoms with van der Waals surface area (Å²) in [5, 5.41) is 10.7. The summed E-state index contributed by atoms with van der Waals surface area (Å²) >= 11 is 18.3. The van der Waals surface area contributed by atoms with Crippen molar-refractivity contribution in [3.8, 4) is 0 Å². The highest BCUT2D eigenvalue weighted by molar-refractivity contribution is 6.31. The summed E-state index contributed by atoms with van der Waals surface area (Å²) in [7, 11) is 0. The Kier molecular flexibility index (Phi) is 27.3. The molecule has 3 aliphatic rings. The number of nitrogens with two attached hydrogens (primary N) is 6. The molecule has 0 aliphatic carbocycles. The first-order chi connectivity index (χ1) is 43.0. The van der Waals surface area contributed by atoms with Crippen LogP contribution in [0.15, 0.2) is 140 Å². The lowest BCUT2D eigenvalue weighted by atomic mass is 10.0. The van der Waals surface area contributed by atoms with Gasteiger partial charge in [-0.3, -0.25) is 33.8 Å². The van der Waals surface area contributed by atoms with Crippen molar-refractivity contribution in [1.82, 2.24) is 35.6 Å². The zero-order chi connectivity index (χ0) is 63.8. The molecule has 0 saturated carbocycles. The number of pyridine rings is 1. The number of carbonyl (C=O) groups is 6. The van der Waals surface area contributed by atoms with Crippen molar-refractivity contribution in [1.29, 1.82) is 0 Å². The van der Waals surface area contributed by atoms with E-state index < -0.39 is 36.3 Å². The van der Waals surface area contributed by atoms with E-state index in [9.17, 15) is 28.8 Å². The Morgan fingerprint density at radius 1 is 0.449 bits per heavy atom. The predicted octanol–water partition coefficient (Wildman–Crippen LogP) is 5.41. The number of halogens is 3. The molecular formula is C67H84Cl3N13O6. The van der Waals surface area contributed by atoms with Gasteiger partial charge >= 0.3 is 0 Å². The fraction of sp³-hybridized carbons (Fsp3) is 0.388. The summed E-state index contributed by atoms with van der Waals surface area (Å²) in [6.07, 6.45) is 8.59. The largest absolute Gasteiger partial charge is 0.350 e. The van der Waals surface area contributed by atoms with E-state index >= 15 is 0 Å². The fourth-order valence-corrected chi connectivity index (χ4v) is 12.1. The maximum Gasteiger partial charge on any atom is 0.243 e. The van der Waals surface area contributed by atoms with Crippen LogP contribution in [-0.4, -0.2) is 124 Å². The Labute approximate surface area is 536 Å². The smallest absolute Gasteiger partial charge is 0.243 e. The van der Waals surface area contributed by atoms with Crippen LogP contribution < -0.4 is 50.4 Å². The van der Waals surface area contributed by atoms with Crippen LogP contribution >= 0.6 is 34.8 Å². The normalized spacial score (nSPS) is 17.1. The third kappa shape index (κ3) is 20.4. The number of nitrogens with one attached hydrogen (secondary N) is 3. The minimum Gasteiger partial charge on any atom is -0.350 e. The van der Waals surface area contributed by atoms with Crippen LogP contribution in [0.2, 0.25) is 15.1 Å². The number of aromatic nitrogens is 1. The molecule has 89 heavy (non-hydrogen) atoms. The molecule has 3 fully saturated rings. The topological polar surface area (TPSA) is 317 Å². The van der Waals surface area contributed by atoms with Crippen molar-refractivity contribution in [3.63, 3.8) is 0 Å². The molecule has 3 aliphatic heterocycles. The molecule has 19 nitrogen and oxygen atoms in total. The van der Waals surface area contributed by atoms with Crippen LogP contribution in [0.4, 0.5) is 0 Å². The minimum atomic E-state index is -0.725. The van der Waals surface area contributed by atoms with Crippen LogP contribution in [0.5, 0.6) is 0 Å². The van der Waals surface area contributed by atoms with Crippen molar-refractivity contribution in [2.45, 2.75) is 133 Å². The molecule has 0 unspecified atom stereocenters. The number of rotatable bonds is 23. The lowest BCUT2D eigenvalue weighted by molar-refractivity contribution is -0.139. The van der Waals surface area contributed by atoms with Gasteiger partial charge in [0, 0.05) is 79.2 Å². The van der Waals surface area contributed by atoms with Crippen molar-refractivity contribution in [3.05, 3.63) is 205 Å². The molecule has 1 aromatic heterocycles. The average Bonchev–Trinajstić information content (AvgIpc) is 3.54. The number of amides is 6. The van der Waals surface area contributed by atoms with E-state index in [-0.39, 0.29) is 35.4 Å². The second kappa shape index (κ2) is 35.2. The maximum absolute atomic E-state index is 12.9. The fourth-order valence-electron chi connectivity index (χ4n) is 11.5. The summed E-state index contributed by atoms with van der Waals surface area (Å²) in [4.78, 5) is 86.2. The van der Waals surface area contributed by atoms with E-state index in [4.69, 9.17) is 69.2 Å². The third-order valence-corrected chi connectivity index (χ3v) is 16.8. The Balaban J connectivity index is 0.000000190. The van der Waals surface area contributed by atoms with Gasteiger partial charge in [-0.15, -0.1) is 0 Å². The van der Waals surface area contributed by atoms with Crippen LogP contribution in [0.1, 0.15) is 88.7 Å². The summed E-state index contributed by atoms with van der Waals surface area (Å²) in [5.74, 6) is -1.09. The number of hydrogen-bond donors (Lipinski definition) is 9. The number of hydrogen-bond acceptors (Lipinski definition) is 13. The highest BCUT2D eigenvalue weighted by atomic mass is 35.5. The van der Waals surface area contributed by atoms with Crippen molar-refractivity contribution < 1.29 is 28.8 Å². The van der Waals surface area contributed by atoms with Gasteiger partial charge in [-0.25, -0.2) is 0 Å². The molecule has 6 atom stereocenters. The molecule has 22 heteroatoms. The molecule has 6 amide bonds. The first kappa shape index (κ1) is 69.2. The SMILES string of the molecule is NCCc1ccc(Cl)cc1CNC(=O)[C@@H]1CCCN1C(=O)[C@H](N)Cc1ccccc1.NCCc1ccc(Cl)cc1CNC(=O)[C@@H]1CCCN1C(=O)[C@H](N)Cc1ccccn1.NCc1ccc(Cl)cc1CNC(=O)[C@@H]1CCCN1C(=O)[C@H](N)Cc1ccccc1. The molecule has 474 valence electrons. The number of likely N-dealkylation sites (tertiary alicyclic amines) is 3. The van der Waals surface area contributed by atoms with E-state index in [2.05, 4.69) is 20.9 Å². The standard InChI is InChI=1S/C23H29ClN4O2.C22H28ClN5O2.C22H27ClN4O2/c24-19-9-8-17(10-11-25)18(14-19)15-27-22(29)21-7-4-12-28(21)23(30)20(26)13-16-5-2-1-3-6-16;23-17-7-6-15(8-9-24)16(12-17)14-27-21(29)20-5-3-11-28(20)22(30)19(25)13-18-4-1-2-10-26-18;23-18-9-8-16(13-24)17(12-18)14-26-21(28)20-7-4-10-27(20)22(29)19(25)11-15-5-2-1-3-6-15/h1-3,5-6,8-9,14,20-21H,4,7,10-13,15,25-26H2,(H,27,29);1-2,4,6-7,10,12,19-20H,3,5,8-9,11,13-14,24-25H2,(H,27,29);1-3,5-6,8-9,12,19-20H,4,7,10-11,13-14,24-25H2,(H,26,28)/t20-,21+;2*19-,20+/m111/s1. The summed E-state index contributed by atoms with van der Waals surface area (Å²) < 4.78 is 0. The number of benzene rings is 5. The summed E-state index contributed by atoms with van der Waals surface area (Å²) in [5.41, 5.74) is 44.2. The van der Waals surface area contributed by atoms with Gasteiger partial charge < -0.3 is 65.1 Å². The molecule has 15 N–H and O–H groups in total. The van der Waals surface area contributed by atoms with E-state index in [0.717, 1.165) is 69.5 Å². The highest BCUT2D eigenvalue weighted by Crippen LogP contribution is 2.25. The van der Waals surface area contributed by atoms with E-state index in [0.29, 0.717) is 125 Å². The van der Waals surface area contributed by atoms with Gasteiger partial charge in [-0.05, 0) is 170 Å². The monoisotopic (exact) mass is 1270 g/mol. The van der Waals surface area contributed by atoms with E-state index in [1.165, 1.54) is 0 Å². The first-order valence-electron chi connectivity index (χ1n) is 30.4. The zero-order valence-electron chi connectivity index (χ0n) is 50.2. The van der Waals surface area contributed by atoms with Gasteiger partial charge in [-0.1, -0.05) is 120 Å². The molecular weight excluding hydrogens is 1190 g/mol. The van der Waals surface area contributed by atoms with Crippen LogP contribution in [-0.2, 0) is 87.1 Å². The van der Waals surface area contributed by atoms with Crippen LogP contribution in [0, 0.1) is 0 Å². The molecule has 6 aromatic rings. The zero-order valence-corrected chi connectivity index (χ0v) is 52.5. The second-order valence-corrected chi connectivity index (χ2v) is 23.8. The number of nitrogens with zero attached hydrogens (tertiary/aromatic N) is 4. The predicted molar refractivity (Wildman–Crippen MR) is 350 cm³/mol. The average molecular weight is 1270 g/mol. The van der Waals surface area contributed by atoms with Gasteiger partial charge in [0.25, 0.3) is 0 Å². The Hall–Kier alpha value is -7.30. The second-order valence-electron chi connectivity index (χ2n) is 22.5. The molecule has 0 radical (unpaired) electrons. The maximum atomic E-state index is 12.9. The third-order valence-electron chi connectivity index (χ3n) is 16.1. The lowest BCUT2D eigenvalue weighted by Crippen LogP contribution is -2.51. The van der Waals surface area contributed by atoms with Crippen LogP contribution in [0.3, 0.4) is 0 Å². The molecule has 3 saturated heterocycles. The Morgan fingerprint density at radius 2 is 0.798 bits per heavy atom. The lowest BCUT2D eigenvalue weighted by Gasteiger charge is -2.27. The Morgan fingerprint density at radius 3 is 1.15 bits per heavy atom. The molecule has 0 bridgehead atoms. The molecule has 5 aromatic carbocycles. The van der Waals surface area contributed by atoms with Gasteiger partial charge in [0.05, 0.1) is 18.1 Å². The van der Waals surface area contributed by atoms with E-state index in [1.807, 2.05) is 121 Å². The first-order valence-corrected chi connectivity index (χ1v) is 31.5. The molecule has 0 spiro atoms. The minimum absolute atomic E-state index is 0.161. The summed E-state index contributed by atoms with van der Waals surface area (Å²) in [6.45, 7) is 4.04. The van der Waals surface area contributed by atoms with Crippen molar-refractivity contribution in [2.75, 3.05) is 32.7 Å². The van der Waals surface area contributed by atoms with Gasteiger partial charge in [0.15, 0.2) is 0 Å². The van der Waals surface area contributed by atoms with Crippen molar-refractivity contribution >= 4 is 70.2 Å². The van der Waals surface area contributed by atoms with Gasteiger partial charge in [-0.2, -0.15) is 0 Å². The van der Waals surface area contributed by atoms with Gasteiger partial charge in [0.1, 0.15) is 18.1 Å². The Bertz CT molecular complexity index is 3150. The van der Waals surface area contributed by atoms with Gasteiger partial charge in [0.2, 0.25) is 35.4 Å². The molecule has 9 rings (SSSR count). The highest BCUT2D eigenvalue weighted by Gasteiger charge is 2.39. The van der Waals surface area contributed by atoms with Crippen LogP contribution in [0.25, 0.3) is 0 Å². The van der Waals surface area contributed by atoms with E-state index in [1.54, 1.807) is 33.0 Å². The van der Waals surface area contributed by atoms with Crippen molar-refractivity contribution in [2.24, 2.45) is 34.4 Å². The quantitative estimate of drug-likeness (QED) is 0.0388. The summed E-state index contributed by atoms with van der Waals surface area (Å²) in [6, 6.07) is 37.9.